The Labute approximate surface area is 167 Å². The SMILES string of the molecule is Cn1nn[nH]c1=O.O=C(NC1CCCCC1)c1ccc(-c2cccc(F)c2)nc1. The largest absolute Gasteiger partial charge is 0.360 e. The first-order chi connectivity index (χ1) is 14.0. The molecule has 0 atom stereocenters. The van der Waals surface area contributed by atoms with E-state index in [0.29, 0.717) is 16.8 Å². The van der Waals surface area contributed by atoms with Gasteiger partial charge in [-0.25, -0.2) is 14.3 Å². The number of carbonyl (C=O) groups excluding carboxylic acids is 1. The van der Waals surface area contributed by atoms with Crippen molar-refractivity contribution in [3.05, 3.63) is 64.5 Å². The number of hydrogen-bond donors (Lipinski definition) is 2. The number of halogens is 1. The minimum Gasteiger partial charge on any atom is -0.349 e. The Kier molecular flexibility index (Phi) is 6.83. The zero-order chi connectivity index (χ0) is 20.6. The van der Waals surface area contributed by atoms with E-state index in [-0.39, 0.29) is 23.5 Å². The molecule has 2 aromatic heterocycles. The number of pyridine rings is 1. The van der Waals surface area contributed by atoms with Crippen LogP contribution in [0.25, 0.3) is 11.3 Å². The van der Waals surface area contributed by atoms with Crippen LogP contribution in [-0.4, -0.2) is 37.1 Å². The number of carbonyl (C=O) groups is 1. The highest BCUT2D eigenvalue weighted by atomic mass is 19.1. The van der Waals surface area contributed by atoms with Gasteiger partial charge in [-0.1, -0.05) is 31.4 Å². The highest BCUT2D eigenvalue weighted by Gasteiger charge is 2.16. The third-order valence-corrected chi connectivity index (χ3v) is 4.70. The first-order valence-electron chi connectivity index (χ1n) is 9.50. The lowest BCUT2D eigenvalue weighted by Gasteiger charge is -2.22. The molecular weight excluding hydrogens is 375 g/mol. The molecular formula is C20H23FN6O2. The zero-order valence-corrected chi connectivity index (χ0v) is 16.1. The number of nitrogens with zero attached hydrogens (tertiary/aromatic N) is 4. The molecule has 9 heteroatoms. The van der Waals surface area contributed by atoms with Crippen molar-refractivity contribution in [1.82, 2.24) is 30.5 Å². The van der Waals surface area contributed by atoms with Gasteiger partial charge in [0.2, 0.25) is 0 Å². The summed E-state index contributed by atoms with van der Waals surface area (Å²) in [4.78, 5) is 26.7. The number of nitrogens with one attached hydrogen (secondary N) is 2. The van der Waals surface area contributed by atoms with Crippen LogP contribution in [0, 0.1) is 5.82 Å². The second-order valence-electron chi connectivity index (χ2n) is 6.88. The lowest BCUT2D eigenvalue weighted by molar-refractivity contribution is 0.0927. The van der Waals surface area contributed by atoms with Crippen molar-refractivity contribution in [1.29, 1.82) is 0 Å². The van der Waals surface area contributed by atoms with Crippen molar-refractivity contribution in [2.45, 2.75) is 38.1 Å². The molecule has 2 N–H and O–H groups in total. The van der Waals surface area contributed by atoms with Crippen LogP contribution in [0.1, 0.15) is 42.5 Å². The van der Waals surface area contributed by atoms with E-state index in [2.05, 4.69) is 25.8 Å². The van der Waals surface area contributed by atoms with Crippen molar-refractivity contribution in [2.75, 3.05) is 0 Å². The van der Waals surface area contributed by atoms with Crippen LogP contribution in [-0.2, 0) is 7.05 Å². The summed E-state index contributed by atoms with van der Waals surface area (Å²) in [6, 6.07) is 10.1. The summed E-state index contributed by atoms with van der Waals surface area (Å²) in [5.41, 5.74) is 1.62. The molecule has 29 heavy (non-hydrogen) atoms. The van der Waals surface area contributed by atoms with E-state index >= 15 is 0 Å². The fourth-order valence-electron chi connectivity index (χ4n) is 3.11. The Morgan fingerprint density at radius 2 is 2.00 bits per heavy atom. The van der Waals surface area contributed by atoms with Crippen molar-refractivity contribution >= 4 is 5.91 Å². The van der Waals surface area contributed by atoms with Gasteiger partial charge in [0, 0.05) is 24.8 Å². The third kappa shape index (κ3) is 5.81. The molecule has 4 rings (SSSR count). The molecule has 1 aromatic carbocycles. The Balaban J connectivity index is 0.000000290. The smallest absolute Gasteiger partial charge is 0.349 e. The summed E-state index contributed by atoms with van der Waals surface area (Å²) in [6.45, 7) is 0. The molecule has 2 heterocycles. The molecule has 0 bridgehead atoms. The van der Waals surface area contributed by atoms with Gasteiger partial charge < -0.3 is 5.32 Å². The number of aromatic nitrogens is 5. The van der Waals surface area contributed by atoms with Crippen LogP contribution in [0.2, 0.25) is 0 Å². The fraction of sp³-hybridized carbons (Fsp3) is 0.350. The molecule has 0 saturated heterocycles. The van der Waals surface area contributed by atoms with Crippen LogP contribution in [0.3, 0.4) is 0 Å². The standard InChI is InChI=1S/C18H19FN2O.C2H4N4O/c19-15-6-4-5-13(11-15)17-10-9-14(12-20-17)18(22)21-16-7-2-1-3-8-16;1-6-2(7)3-4-5-6/h4-6,9-12,16H,1-3,7-8H2,(H,21,22);1H3,(H,3,5,7). The lowest BCUT2D eigenvalue weighted by Crippen LogP contribution is -2.36. The van der Waals surface area contributed by atoms with Gasteiger partial charge in [0.1, 0.15) is 5.82 Å². The predicted molar refractivity (Wildman–Crippen MR) is 106 cm³/mol. The number of H-pyrrole nitrogens is 1. The summed E-state index contributed by atoms with van der Waals surface area (Å²) >= 11 is 0. The summed E-state index contributed by atoms with van der Waals surface area (Å²) < 4.78 is 14.3. The first-order valence-corrected chi connectivity index (χ1v) is 9.50. The summed E-state index contributed by atoms with van der Waals surface area (Å²) in [5.74, 6) is -0.372. The summed E-state index contributed by atoms with van der Waals surface area (Å²) in [7, 11) is 1.52. The van der Waals surface area contributed by atoms with Crippen molar-refractivity contribution in [3.8, 4) is 11.3 Å². The lowest BCUT2D eigenvalue weighted by atomic mass is 9.95. The fourth-order valence-corrected chi connectivity index (χ4v) is 3.11. The van der Waals surface area contributed by atoms with Gasteiger partial charge in [-0.15, -0.1) is 0 Å². The number of aromatic amines is 1. The van der Waals surface area contributed by atoms with E-state index in [1.807, 2.05) is 0 Å². The topological polar surface area (TPSA) is 106 Å². The average Bonchev–Trinajstić information content (AvgIpc) is 3.12. The van der Waals surface area contributed by atoms with Crippen LogP contribution in [0.15, 0.2) is 47.4 Å². The third-order valence-electron chi connectivity index (χ3n) is 4.70. The molecule has 0 radical (unpaired) electrons. The zero-order valence-electron chi connectivity index (χ0n) is 16.1. The van der Waals surface area contributed by atoms with Gasteiger partial charge >= 0.3 is 5.69 Å². The molecule has 1 fully saturated rings. The Morgan fingerprint density at radius 1 is 1.21 bits per heavy atom. The molecule has 1 amide bonds. The number of tetrazole rings is 1. The number of rotatable bonds is 3. The van der Waals surface area contributed by atoms with Crippen molar-refractivity contribution in [2.24, 2.45) is 7.05 Å². The molecule has 0 unspecified atom stereocenters. The van der Waals surface area contributed by atoms with Crippen LogP contribution in [0.5, 0.6) is 0 Å². The van der Waals surface area contributed by atoms with Crippen LogP contribution < -0.4 is 11.0 Å². The van der Waals surface area contributed by atoms with Crippen molar-refractivity contribution in [3.63, 3.8) is 0 Å². The van der Waals surface area contributed by atoms with Crippen LogP contribution >= 0.6 is 0 Å². The van der Waals surface area contributed by atoms with E-state index < -0.39 is 0 Å². The number of benzene rings is 1. The maximum Gasteiger partial charge on any atom is 0.360 e. The second-order valence-corrected chi connectivity index (χ2v) is 6.88. The molecule has 1 aliphatic carbocycles. The number of amides is 1. The van der Waals surface area contributed by atoms with Gasteiger partial charge in [0.05, 0.1) is 11.3 Å². The van der Waals surface area contributed by atoms with Gasteiger partial charge in [-0.05, 0) is 47.5 Å². The van der Waals surface area contributed by atoms with Gasteiger partial charge in [0.15, 0.2) is 0 Å². The molecule has 1 aliphatic rings. The Hall–Kier alpha value is -3.36. The minimum absolute atomic E-state index is 0.0785. The monoisotopic (exact) mass is 398 g/mol. The summed E-state index contributed by atoms with van der Waals surface area (Å²) in [5, 5.41) is 11.7. The Morgan fingerprint density at radius 3 is 2.55 bits per heavy atom. The van der Waals surface area contributed by atoms with Gasteiger partial charge in [0.25, 0.3) is 5.91 Å². The summed E-state index contributed by atoms with van der Waals surface area (Å²) in [6.07, 6.45) is 7.29. The second kappa shape index (κ2) is 9.72. The average molecular weight is 398 g/mol. The molecule has 0 spiro atoms. The van der Waals surface area contributed by atoms with Crippen molar-refractivity contribution < 1.29 is 9.18 Å². The molecule has 1 saturated carbocycles. The first kappa shape index (κ1) is 20.4. The minimum atomic E-state index is -0.293. The maximum absolute atomic E-state index is 13.2. The number of aryl methyl sites for hydroxylation is 1. The molecule has 3 aromatic rings. The highest BCUT2D eigenvalue weighted by Crippen LogP contribution is 2.19. The molecule has 0 aliphatic heterocycles. The number of hydrogen-bond acceptors (Lipinski definition) is 5. The van der Waals surface area contributed by atoms with E-state index in [0.717, 1.165) is 17.5 Å². The van der Waals surface area contributed by atoms with E-state index in [1.54, 1.807) is 30.5 Å². The van der Waals surface area contributed by atoms with Gasteiger partial charge in [-0.2, -0.15) is 4.68 Å². The van der Waals surface area contributed by atoms with E-state index in [4.69, 9.17) is 0 Å². The highest BCUT2D eigenvalue weighted by molar-refractivity contribution is 5.94. The quantitative estimate of drug-likeness (QED) is 0.705. The molecule has 152 valence electrons. The van der Waals surface area contributed by atoms with E-state index in [9.17, 15) is 14.0 Å². The maximum atomic E-state index is 13.2. The Bertz CT molecular complexity index is 992. The van der Waals surface area contributed by atoms with E-state index in [1.165, 1.54) is 38.4 Å². The van der Waals surface area contributed by atoms with Crippen LogP contribution in [0.4, 0.5) is 4.39 Å². The molecule has 8 nitrogen and oxygen atoms in total. The predicted octanol–water partition coefficient (Wildman–Crippen LogP) is 2.45. The van der Waals surface area contributed by atoms with Gasteiger partial charge in [-0.3, -0.25) is 9.78 Å². The normalized spacial score (nSPS) is 14.0.